The first-order valence-corrected chi connectivity index (χ1v) is 11.9. The fourth-order valence-electron chi connectivity index (χ4n) is 4.29. The van der Waals surface area contributed by atoms with E-state index in [0.717, 1.165) is 47.7 Å². The Hall–Kier alpha value is -3.35. The van der Waals surface area contributed by atoms with Gasteiger partial charge in [-0.15, -0.1) is 0 Å². The largest absolute Gasteiger partial charge is 0.349 e. The summed E-state index contributed by atoms with van der Waals surface area (Å²) in [5.41, 5.74) is 5.33. The molecule has 0 saturated heterocycles. The van der Waals surface area contributed by atoms with Crippen LogP contribution >= 0.6 is 11.6 Å². The number of carbonyl (C=O) groups excluding carboxylic acids is 2. The Balaban J connectivity index is 1.63. The molecule has 0 aliphatic carbocycles. The molecular formula is C27H29ClN4O2. The molecule has 0 unspecified atom stereocenters. The summed E-state index contributed by atoms with van der Waals surface area (Å²) in [6, 6.07) is 17.0. The Labute approximate surface area is 205 Å². The van der Waals surface area contributed by atoms with E-state index in [2.05, 4.69) is 29.4 Å². The summed E-state index contributed by atoms with van der Waals surface area (Å²) < 4.78 is 1.81. The van der Waals surface area contributed by atoms with Crippen molar-refractivity contribution in [2.75, 3.05) is 31.5 Å². The molecule has 0 bridgehead atoms. The van der Waals surface area contributed by atoms with Gasteiger partial charge in [0.05, 0.1) is 5.57 Å². The average Bonchev–Trinajstić information content (AvgIpc) is 3.36. The summed E-state index contributed by atoms with van der Waals surface area (Å²) in [4.78, 5) is 27.9. The molecule has 1 aliphatic heterocycles. The van der Waals surface area contributed by atoms with Gasteiger partial charge in [-0.3, -0.25) is 9.59 Å². The van der Waals surface area contributed by atoms with Crippen molar-refractivity contribution in [1.82, 2.24) is 14.8 Å². The fraction of sp³-hybridized carbons (Fsp3) is 0.259. The molecule has 1 aromatic heterocycles. The number of rotatable bonds is 8. The monoisotopic (exact) mass is 476 g/mol. The molecule has 1 aliphatic rings. The van der Waals surface area contributed by atoms with E-state index in [4.69, 9.17) is 11.6 Å². The zero-order valence-corrected chi connectivity index (χ0v) is 20.4. The predicted molar refractivity (Wildman–Crippen MR) is 139 cm³/mol. The number of nitrogens with zero attached hydrogens (tertiary/aromatic N) is 2. The van der Waals surface area contributed by atoms with Crippen molar-refractivity contribution >= 4 is 40.8 Å². The normalized spacial score (nSPS) is 13.9. The number of fused-ring (bicyclic) bond motifs is 1. The lowest BCUT2D eigenvalue weighted by atomic mass is 9.94. The fourth-order valence-corrected chi connectivity index (χ4v) is 4.48. The number of anilines is 1. The Morgan fingerprint density at radius 1 is 1.12 bits per heavy atom. The molecular weight excluding hydrogens is 448 g/mol. The highest BCUT2D eigenvalue weighted by atomic mass is 35.5. The van der Waals surface area contributed by atoms with Crippen LogP contribution in [-0.2, 0) is 11.8 Å². The van der Waals surface area contributed by atoms with Crippen LogP contribution in [0.2, 0.25) is 5.02 Å². The molecule has 0 spiro atoms. The van der Waals surface area contributed by atoms with Crippen LogP contribution in [0.15, 0.2) is 54.6 Å². The van der Waals surface area contributed by atoms with Crippen molar-refractivity contribution in [3.63, 3.8) is 0 Å². The van der Waals surface area contributed by atoms with Gasteiger partial charge in [-0.2, -0.15) is 0 Å². The van der Waals surface area contributed by atoms with Gasteiger partial charge in [-0.1, -0.05) is 49.7 Å². The van der Waals surface area contributed by atoms with Gasteiger partial charge in [-0.05, 0) is 60.6 Å². The van der Waals surface area contributed by atoms with Gasteiger partial charge >= 0.3 is 0 Å². The third-order valence-corrected chi connectivity index (χ3v) is 6.49. The van der Waals surface area contributed by atoms with E-state index < -0.39 is 0 Å². The van der Waals surface area contributed by atoms with Crippen LogP contribution in [0.3, 0.4) is 0 Å². The lowest BCUT2D eigenvalue weighted by Crippen LogP contribution is -2.35. The third-order valence-electron chi connectivity index (χ3n) is 6.26. The van der Waals surface area contributed by atoms with Gasteiger partial charge in [0.2, 0.25) is 0 Å². The van der Waals surface area contributed by atoms with Crippen LogP contribution in [0.4, 0.5) is 5.69 Å². The first kappa shape index (κ1) is 23.8. The summed E-state index contributed by atoms with van der Waals surface area (Å²) in [5, 5.41) is 6.59. The number of nitrogens with one attached hydrogen (secondary N) is 2. The minimum atomic E-state index is -0.170. The van der Waals surface area contributed by atoms with Crippen molar-refractivity contribution in [1.29, 1.82) is 0 Å². The molecule has 6 nitrogen and oxygen atoms in total. The van der Waals surface area contributed by atoms with Crippen molar-refractivity contribution < 1.29 is 9.59 Å². The molecule has 0 radical (unpaired) electrons. The first-order chi connectivity index (χ1) is 16.4. The molecule has 34 heavy (non-hydrogen) atoms. The number of amides is 2. The average molecular weight is 477 g/mol. The topological polar surface area (TPSA) is 66.4 Å². The van der Waals surface area contributed by atoms with Gasteiger partial charge in [0.15, 0.2) is 0 Å². The number of carbonyl (C=O) groups is 2. The molecule has 2 N–H and O–H groups in total. The second-order valence-corrected chi connectivity index (χ2v) is 8.67. The van der Waals surface area contributed by atoms with Crippen molar-refractivity contribution in [2.24, 2.45) is 7.05 Å². The minimum absolute atomic E-state index is 0.129. The number of hydrogen-bond donors (Lipinski definition) is 2. The highest BCUT2D eigenvalue weighted by Gasteiger charge is 2.28. The number of halogens is 1. The summed E-state index contributed by atoms with van der Waals surface area (Å²) in [7, 11) is 1.84. The Kier molecular flexibility index (Phi) is 7.20. The van der Waals surface area contributed by atoms with Crippen LogP contribution in [0.25, 0.3) is 22.8 Å². The summed E-state index contributed by atoms with van der Waals surface area (Å²) >= 11 is 6.22. The number of aromatic nitrogens is 1. The number of likely N-dealkylation sites (N-methyl/N-ethyl adjacent to an activating group) is 1. The first-order valence-electron chi connectivity index (χ1n) is 11.5. The van der Waals surface area contributed by atoms with Crippen molar-refractivity contribution in [3.05, 3.63) is 76.6 Å². The van der Waals surface area contributed by atoms with Gasteiger partial charge in [0.25, 0.3) is 11.8 Å². The van der Waals surface area contributed by atoms with E-state index in [1.54, 1.807) is 6.07 Å². The summed E-state index contributed by atoms with van der Waals surface area (Å²) in [5.74, 6) is -0.300. The van der Waals surface area contributed by atoms with Crippen LogP contribution < -0.4 is 10.6 Å². The molecule has 0 fully saturated rings. The molecule has 3 aromatic rings. The van der Waals surface area contributed by atoms with Gasteiger partial charge < -0.3 is 20.1 Å². The molecule has 2 heterocycles. The molecule has 2 amide bonds. The van der Waals surface area contributed by atoms with E-state index in [1.165, 1.54) is 0 Å². The van der Waals surface area contributed by atoms with E-state index in [9.17, 15) is 9.59 Å². The molecule has 2 aromatic carbocycles. The van der Waals surface area contributed by atoms with E-state index in [-0.39, 0.29) is 11.8 Å². The summed E-state index contributed by atoms with van der Waals surface area (Å²) in [6.45, 7) is 7.52. The Bertz CT molecular complexity index is 1260. The summed E-state index contributed by atoms with van der Waals surface area (Å²) in [6.07, 6.45) is 1.84. The zero-order chi connectivity index (χ0) is 24.2. The maximum absolute atomic E-state index is 12.9. The quantitative estimate of drug-likeness (QED) is 0.454. The maximum atomic E-state index is 12.9. The smallest absolute Gasteiger partial charge is 0.267 e. The van der Waals surface area contributed by atoms with Crippen LogP contribution in [0.1, 0.15) is 35.6 Å². The van der Waals surface area contributed by atoms with Crippen LogP contribution in [0.5, 0.6) is 0 Å². The van der Waals surface area contributed by atoms with E-state index in [1.807, 2.05) is 66.2 Å². The van der Waals surface area contributed by atoms with Crippen molar-refractivity contribution in [2.45, 2.75) is 13.8 Å². The SMILES string of the molecule is CCN(CC)CCNC(=O)c1ccc(C=C2C(=O)Nc3cccc(-c4cccc(Cl)c4)c32)n1C. The molecule has 4 rings (SSSR count). The lowest BCUT2D eigenvalue weighted by Gasteiger charge is -2.18. The Morgan fingerprint density at radius 3 is 2.62 bits per heavy atom. The maximum Gasteiger partial charge on any atom is 0.267 e. The minimum Gasteiger partial charge on any atom is -0.349 e. The Morgan fingerprint density at radius 2 is 1.88 bits per heavy atom. The molecule has 0 atom stereocenters. The molecule has 7 heteroatoms. The third kappa shape index (κ3) is 4.79. The van der Waals surface area contributed by atoms with Gasteiger partial charge in [-0.25, -0.2) is 0 Å². The van der Waals surface area contributed by atoms with Gasteiger partial charge in [0.1, 0.15) is 5.69 Å². The second kappa shape index (κ2) is 10.3. The second-order valence-electron chi connectivity index (χ2n) is 8.24. The van der Waals surface area contributed by atoms with Crippen LogP contribution in [0, 0.1) is 0 Å². The number of hydrogen-bond acceptors (Lipinski definition) is 3. The van der Waals surface area contributed by atoms with Crippen molar-refractivity contribution in [3.8, 4) is 11.1 Å². The highest BCUT2D eigenvalue weighted by molar-refractivity contribution is 6.36. The van der Waals surface area contributed by atoms with Gasteiger partial charge in [0, 0.05) is 42.1 Å². The standard InChI is InChI=1S/C27H29ClN4O2/c1-4-32(5-2)15-14-29-27(34)24-13-12-20(31(24)3)17-22-25-21(18-8-6-9-19(28)16-18)10-7-11-23(25)30-26(22)33/h6-13,16-17H,4-5,14-15H2,1-3H3,(H,29,34)(H,30,33). The lowest BCUT2D eigenvalue weighted by molar-refractivity contribution is -0.110. The highest BCUT2D eigenvalue weighted by Crippen LogP contribution is 2.40. The predicted octanol–water partition coefficient (Wildman–Crippen LogP) is 4.91. The molecule has 176 valence electrons. The van der Waals surface area contributed by atoms with Crippen LogP contribution in [-0.4, -0.2) is 47.5 Å². The molecule has 0 saturated carbocycles. The zero-order valence-electron chi connectivity index (χ0n) is 19.7. The number of benzene rings is 2. The van der Waals surface area contributed by atoms with E-state index >= 15 is 0 Å². The van der Waals surface area contributed by atoms with E-state index in [0.29, 0.717) is 22.8 Å².